The molecule has 5 rings (SSSR count). The van der Waals surface area contributed by atoms with E-state index in [1.165, 1.54) is 11.3 Å². The standard InChI is InChI=1S/C35H39ClN4O2S/c1-6-23-9-8-10-24(7-2)32(23)40-31(19-22(3)4)28(34(41)39-17-15-27(37-5)16-18-39)20-29(35(40)42)33-38-30(21-43-33)25-11-13-26(36)14-12-25/h8-14,19-21,27,37H,6-7,15-18H2,1-5H3. The molecule has 0 aliphatic carbocycles. The SMILES string of the molecule is CCc1cccc(CC)c1-n1c(C=C(C)C)c(C(=O)N2CCC(NC)CC2)cc(-c2nc(-c3ccc(Cl)cc3)cs2)c1=O. The topological polar surface area (TPSA) is 67.2 Å². The van der Waals surface area contributed by atoms with Crippen LogP contribution >= 0.6 is 22.9 Å². The maximum Gasteiger partial charge on any atom is 0.265 e. The fourth-order valence-electron chi connectivity index (χ4n) is 5.79. The van der Waals surface area contributed by atoms with Crippen LogP contribution in [0.1, 0.15) is 67.7 Å². The van der Waals surface area contributed by atoms with E-state index in [0.717, 1.165) is 59.3 Å². The van der Waals surface area contributed by atoms with Crippen molar-refractivity contribution in [2.75, 3.05) is 20.1 Å². The first kappa shape index (κ1) is 30.9. The quantitative estimate of drug-likeness (QED) is 0.221. The van der Waals surface area contributed by atoms with Gasteiger partial charge >= 0.3 is 0 Å². The van der Waals surface area contributed by atoms with Crippen LogP contribution in [0.4, 0.5) is 0 Å². The monoisotopic (exact) mass is 614 g/mol. The lowest BCUT2D eigenvalue weighted by Crippen LogP contribution is -2.44. The molecule has 4 aromatic rings. The Labute approximate surface area is 263 Å². The summed E-state index contributed by atoms with van der Waals surface area (Å²) in [5.41, 5.74) is 7.09. The number of benzene rings is 2. The third-order valence-electron chi connectivity index (χ3n) is 8.15. The number of thiazole rings is 1. The van der Waals surface area contributed by atoms with Gasteiger partial charge in [-0.2, -0.15) is 0 Å². The lowest BCUT2D eigenvalue weighted by Gasteiger charge is -2.32. The van der Waals surface area contributed by atoms with Crippen molar-refractivity contribution < 1.29 is 4.79 Å². The molecule has 0 saturated carbocycles. The normalized spacial score (nSPS) is 13.8. The number of nitrogens with zero attached hydrogens (tertiary/aromatic N) is 3. The van der Waals surface area contributed by atoms with Gasteiger partial charge in [0, 0.05) is 35.1 Å². The Morgan fingerprint density at radius 1 is 1.07 bits per heavy atom. The van der Waals surface area contributed by atoms with Crippen molar-refractivity contribution in [3.63, 3.8) is 0 Å². The van der Waals surface area contributed by atoms with Gasteiger partial charge in [-0.25, -0.2) is 4.98 Å². The molecule has 0 unspecified atom stereocenters. The maximum atomic E-state index is 14.7. The number of amides is 1. The van der Waals surface area contributed by atoms with Crippen molar-refractivity contribution in [2.45, 2.75) is 59.4 Å². The fourth-order valence-corrected chi connectivity index (χ4v) is 6.75. The zero-order valence-electron chi connectivity index (χ0n) is 25.5. The second kappa shape index (κ2) is 13.4. The molecule has 6 nitrogen and oxygen atoms in total. The van der Waals surface area contributed by atoms with E-state index < -0.39 is 0 Å². The van der Waals surface area contributed by atoms with Crippen LogP contribution in [0.2, 0.25) is 5.02 Å². The molecule has 1 amide bonds. The molecule has 1 saturated heterocycles. The Balaban J connectivity index is 1.78. The molecule has 1 aliphatic rings. The molecule has 0 bridgehead atoms. The highest BCUT2D eigenvalue weighted by atomic mass is 35.5. The number of allylic oxidation sites excluding steroid dienone is 1. The summed E-state index contributed by atoms with van der Waals surface area (Å²) in [7, 11) is 1.97. The van der Waals surface area contributed by atoms with E-state index in [0.29, 0.717) is 46.0 Å². The highest BCUT2D eigenvalue weighted by Gasteiger charge is 2.29. The minimum absolute atomic E-state index is 0.0569. The van der Waals surface area contributed by atoms with Crippen LogP contribution in [-0.2, 0) is 12.8 Å². The summed E-state index contributed by atoms with van der Waals surface area (Å²) in [4.78, 5) is 35.9. The Bertz CT molecular complexity index is 1690. The fraction of sp³-hybridized carbons (Fsp3) is 0.343. The molecule has 3 heterocycles. The smallest absolute Gasteiger partial charge is 0.265 e. The molecule has 0 atom stereocenters. The lowest BCUT2D eigenvalue weighted by atomic mass is 9.99. The first-order valence-electron chi connectivity index (χ1n) is 15.0. The van der Waals surface area contributed by atoms with Crippen LogP contribution in [-0.4, -0.2) is 46.5 Å². The largest absolute Gasteiger partial charge is 0.338 e. The molecular weight excluding hydrogens is 576 g/mol. The second-order valence-corrected chi connectivity index (χ2v) is 12.5. The van der Waals surface area contributed by atoms with Crippen molar-refractivity contribution in [3.05, 3.63) is 97.2 Å². The van der Waals surface area contributed by atoms with Crippen LogP contribution in [0.5, 0.6) is 0 Å². The Hall–Kier alpha value is -3.52. The van der Waals surface area contributed by atoms with Crippen molar-refractivity contribution in [2.24, 2.45) is 0 Å². The zero-order valence-corrected chi connectivity index (χ0v) is 27.1. The number of halogens is 1. The number of carbonyl (C=O) groups is 1. The number of aryl methyl sites for hydroxylation is 2. The molecule has 0 spiro atoms. The van der Waals surface area contributed by atoms with E-state index in [1.54, 1.807) is 10.6 Å². The Morgan fingerprint density at radius 2 is 1.72 bits per heavy atom. The minimum Gasteiger partial charge on any atom is -0.338 e. The van der Waals surface area contributed by atoms with Crippen LogP contribution in [0.25, 0.3) is 33.6 Å². The summed E-state index contributed by atoms with van der Waals surface area (Å²) < 4.78 is 1.79. The molecule has 1 aliphatic heterocycles. The number of para-hydroxylation sites is 1. The van der Waals surface area contributed by atoms with E-state index in [4.69, 9.17) is 16.6 Å². The van der Waals surface area contributed by atoms with Gasteiger partial charge in [-0.15, -0.1) is 11.3 Å². The van der Waals surface area contributed by atoms with E-state index in [1.807, 2.05) is 67.6 Å². The summed E-state index contributed by atoms with van der Waals surface area (Å²) >= 11 is 7.53. The van der Waals surface area contributed by atoms with Gasteiger partial charge in [0.25, 0.3) is 11.5 Å². The van der Waals surface area contributed by atoms with Gasteiger partial charge in [-0.05, 0) is 82.0 Å². The number of hydrogen-bond acceptors (Lipinski definition) is 5. The maximum absolute atomic E-state index is 14.7. The number of hydrogen-bond donors (Lipinski definition) is 1. The first-order chi connectivity index (χ1) is 20.7. The summed E-state index contributed by atoms with van der Waals surface area (Å²) in [6.07, 6.45) is 5.27. The number of likely N-dealkylation sites (tertiary alicyclic amines) is 1. The van der Waals surface area contributed by atoms with Crippen LogP contribution in [0, 0.1) is 0 Å². The summed E-state index contributed by atoms with van der Waals surface area (Å²) in [6.45, 7) is 9.53. The second-order valence-electron chi connectivity index (χ2n) is 11.3. The molecule has 0 radical (unpaired) electrons. The van der Waals surface area contributed by atoms with E-state index in [2.05, 4.69) is 31.3 Å². The number of piperidine rings is 1. The van der Waals surface area contributed by atoms with Gasteiger partial charge in [-0.1, -0.05) is 61.4 Å². The van der Waals surface area contributed by atoms with Crippen LogP contribution < -0.4 is 10.9 Å². The Kier molecular flexibility index (Phi) is 9.65. The predicted molar refractivity (Wildman–Crippen MR) is 180 cm³/mol. The average Bonchev–Trinajstić information content (AvgIpc) is 3.51. The van der Waals surface area contributed by atoms with Gasteiger partial charge in [0.15, 0.2) is 0 Å². The molecular formula is C35H39ClN4O2S. The van der Waals surface area contributed by atoms with Gasteiger partial charge in [0.05, 0.1) is 28.2 Å². The molecule has 224 valence electrons. The van der Waals surface area contributed by atoms with E-state index in [9.17, 15) is 9.59 Å². The third kappa shape index (κ3) is 6.40. The van der Waals surface area contributed by atoms with Crippen molar-refractivity contribution in [3.8, 4) is 27.5 Å². The van der Waals surface area contributed by atoms with Gasteiger partial charge < -0.3 is 10.2 Å². The highest BCUT2D eigenvalue weighted by molar-refractivity contribution is 7.13. The summed E-state index contributed by atoms with van der Waals surface area (Å²) in [5.74, 6) is -0.0569. The summed E-state index contributed by atoms with van der Waals surface area (Å²) in [5, 5.41) is 6.54. The number of aromatic nitrogens is 2. The molecule has 2 aromatic heterocycles. The van der Waals surface area contributed by atoms with Crippen molar-refractivity contribution >= 4 is 34.9 Å². The van der Waals surface area contributed by atoms with Crippen LogP contribution in [0.3, 0.4) is 0 Å². The molecule has 8 heteroatoms. The minimum atomic E-state index is -0.175. The van der Waals surface area contributed by atoms with E-state index >= 15 is 0 Å². The number of carbonyl (C=O) groups excluding carboxylic acids is 1. The highest BCUT2D eigenvalue weighted by Crippen LogP contribution is 2.32. The Morgan fingerprint density at radius 3 is 2.30 bits per heavy atom. The summed E-state index contributed by atoms with van der Waals surface area (Å²) in [6, 6.07) is 15.9. The van der Waals surface area contributed by atoms with Crippen molar-refractivity contribution in [1.29, 1.82) is 0 Å². The first-order valence-corrected chi connectivity index (χ1v) is 16.3. The van der Waals surface area contributed by atoms with E-state index in [-0.39, 0.29) is 11.5 Å². The number of nitrogens with one attached hydrogen (secondary N) is 1. The number of pyridine rings is 1. The molecule has 2 aromatic carbocycles. The zero-order chi connectivity index (χ0) is 30.7. The van der Waals surface area contributed by atoms with Crippen LogP contribution in [0.15, 0.2) is 64.3 Å². The average molecular weight is 615 g/mol. The van der Waals surface area contributed by atoms with Gasteiger partial charge in [0.2, 0.25) is 0 Å². The lowest BCUT2D eigenvalue weighted by molar-refractivity contribution is 0.0706. The number of rotatable bonds is 8. The molecule has 1 fully saturated rings. The molecule has 43 heavy (non-hydrogen) atoms. The molecule has 1 N–H and O–H groups in total. The van der Waals surface area contributed by atoms with Crippen molar-refractivity contribution in [1.82, 2.24) is 19.8 Å². The third-order valence-corrected chi connectivity index (χ3v) is 9.28. The van der Waals surface area contributed by atoms with Gasteiger partial charge in [0.1, 0.15) is 5.01 Å². The van der Waals surface area contributed by atoms with Gasteiger partial charge in [-0.3, -0.25) is 14.2 Å². The predicted octanol–water partition coefficient (Wildman–Crippen LogP) is 7.65.